The fourth-order valence-corrected chi connectivity index (χ4v) is 3.15. The van der Waals surface area contributed by atoms with Crippen molar-refractivity contribution < 1.29 is 9.90 Å². The first-order valence-corrected chi connectivity index (χ1v) is 7.63. The van der Waals surface area contributed by atoms with Gasteiger partial charge < -0.3 is 20.6 Å². The molecule has 2 heterocycles. The highest BCUT2D eigenvalue weighted by Gasteiger charge is 2.24. The maximum Gasteiger partial charge on any atom is 0.227 e. The van der Waals surface area contributed by atoms with Gasteiger partial charge in [-0.15, -0.1) is 12.4 Å². The molecule has 22 heavy (non-hydrogen) atoms. The third kappa shape index (κ3) is 3.60. The lowest BCUT2D eigenvalue weighted by Gasteiger charge is -2.26. The Morgan fingerprint density at radius 1 is 1.36 bits per heavy atom. The molecule has 2 unspecified atom stereocenters. The number of carbonyl (C=O) groups excluding carboxylic acids is 1. The number of nitrogens with zero attached hydrogens (tertiary/aromatic N) is 1. The van der Waals surface area contributed by atoms with Crippen LogP contribution in [0.2, 0.25) is 0 Å². The molecule has 6 heteroatoms. The quantitative estimate of drug-likeness (QED) is 0.762. The molecule has 0 saturated carbocycles. The van der Waals surface area contributed by atoms with E-state index in [2.05, 4.69) is 22.8 Å². The number of amides is 1. The Kier molecular flexibility index (Phi) is 5.81. The molecule has 2 aliphatic heterocycles. The zero-order valence-electron chi connectivity index (χ0n) is 12.8. The second kappa shape index (κ2) is 7.42. The monoisotopic (exact) mass is 325 g/mol. The molecule has 0 spiro atoms. The molecule has 3 rings (SSSR count). The van der Waals surface area contributed by atoms with Gasteiger partial charge in [0.1, 0.15) is 0 Å². The topological polar surface area (TPSA) is 64.6 Å². The fraction of sp³-hybridized carbons (Fsp3) is 0.562. The molecule has 1 amide bonds. The Bertz CT molecular complexity index is 538. The molecule has 3 N–H and O–H groups in total. The van der Waals surface area contributed by atoms with Crippen LogP contribution in [0.25, 0.3) is 0 Å². The average Bonchev–Trinajstić information content (AvgIpc) is 2.89. The molecule has 0 aromatic heterocycles. The number of halogens is 1. The van der Waals surface area contributed by atoms with Crippen LogP contribution in [0, 0.1) is 5.92 Å². The number of aliphatic hydroxyl groups is 1. The van der Waals surface area contributed by atoms with Crippen molar-refractivity contribution in [1.29, 1.82) is 0 Å². The molecule has 122 valence electrons. The molecule has 5 nitrogen and oxygen atoms in total. The zero-order valence-corrected chi connectivity index (χ0v) is 13.7. The molecule has 0 aliphatic carbocycles. The summed E-state index contributed by atoms with van der Waals surface area (Å²) in [5, 5.41) is 16.4. The number of aryl methyl sites for hydroxylation is 1. The van der Waals surface area contributed by atoms with Gasteiger partial charge in [-0.25, -0.2) is 0 Å². The van der Waals surface area contributed by atoms with E-state index in [0.29, 0.717) is 18.9 Å². The van der Waals surface area contributed by atoms with Crippen LogP contribution in [0.3, 0.4) is 0 Å². The minimum atomic E-state index is -0.235. The van der Waals surface area contributed by atoms with Crippen LogP contribution in [-0.4, -0.2) is 43.8 Å². The molecule has 1 aromatic carbocycles. The van der Waals surface area contributed by atoms with Gasteiger partial charge in [0.25, 0.3) is 0 Å². The van der Waals surface area contributed by atoms with Crippen molar-refractivity contribution in [3.05, 3.63) is 29.3 Å². The first-order chi connectivity index (χ1) is 10.1. The third-order valence-corrected chi connectivity index (χ3v) is 4.53. The van der Waals surface area contributed by atoms with Crippen LogP contribution in [0.15, 0.2) is 18.2 Å². The van der Waals surface area contributed by atoms with Gasteiger partial charge in [-0.2, -0.15) is 0 Å². The summed E-state index contributed by atoms with van der Waals surface area (Å²) < 4.78 is 0. The van der Waals surface area contributed by atoms with Gasteiger partial charge in [0, 0.05) is 51.3 Å². The molecule has 2 atom stereocenters. The number of hydrogen-bond acceptors (Lipinski definition) is 4. The van der Waals surface area contributed by atoms with E-state index in [0.717, 1.165) is 31.7 Å². The standard InChI is InChI=1S/C16H23N3O2.ClH/c1-19-14-4-2-11(6-12(14)3-5-16(19)21)7-17-8-13-9-18-10-15(13)20;/h2,4,6,13,15,17-18,20H,3,5,7-10H2,1H3;1H. The molecular formula is C16H24ClN3O2. The minimum Gasteiger partial charge on any atom is -0.391 e. The maximum absolute atomic E-state index is 11.7. The molecule has 0 bridgehead atoms. The second-order valence-corrected chi connectivity index (χ2v) is 6.03. The summed E-state index contributed by atoms with van der Waals surface area (Å²) in [7, 11) is 1.84. The summed E-state index contributed by atoms with van der Waals surface area (Å²) in [6.45, 7) is 3.20. The Morgan fingerprint density at radius 2 is 2.18 bits per heavy atom. The summed E-state index contributed by atoms with van der Waals surface area (Å²) in [6.07, 6.45) is 1.19. The van der Waals surface area contributed by atoms with Gasteiger partial charge >= 0.3 is 0 Å². The number of hydrogen-bond donors (Lipinski definition) is 3. The first kappa shape index (κ1) is 17.2. The summed E-state index contributed by atoms with van der Waals surface area (Å²) in [5.74, 6) is 0.488. The van der Waals surface area contributed by atoms with Crippen molar-refractivity contribution in [2.45, 2.75) is 25.5 Å². The number of fused-ring (bicyclic) bond motifs is 1. The Hall–Kier alpha value is -1.14. The van der Waals surface area contributed by atoms with Crippen LogP contribution in [0.5, 0.6) is 0 Å². The van der Waals surface area contributed by atoms with E-state index >= 15 is 0 Å². The molecule has 1 fully saturated rings. The van der Waals surface area contributed by atoms with E-state index in [1.54, 1.807) is 4.90 Å². The van der Waals surface area contributed by atoms with Crippen molar-refractivity contribution in [1.82, 2.24) is 10.6 Å². The molecular weight excluding hydrogens is 302 g/mol. The number of rotatable bonds is 4. The second-order valence-electron chi connectivity index (χ2n) is 6.03. The van der Waals surface area contributed by atoms with Crippen LogP contribution in [-0.2, 0) is 17.8 Å². The number of anilines is 1. The van der Waals surface area contributed by atoms with Crippen molar-refractivity contribution >= 4 is 24.0 Å². The summed E-state index contributed by atoms with van der Waals surface area (Å²) >= 11 is 0. The van der Waals surface area contributed by atoms with E-state index < -0.39 is 0 Å². The van der Waals surface area contributed by atoms with Gasteiger partial charge in [-0.05, 0) is 23.6 Å². The van der Waals surface area contributed by atoms with E-state index in [-0.39, 0.29) is 24.4 Å². The van der Waals surface area contributed by atoms with E-state index in [1.165, 1.54) is 11.1 Å². The Balaban J connectivity index is 0.00000176. The summed E-state index contributed by atoms with van der Waals surface area (Å²) in [4.78, 5) is 13.4. The highest BCUT2D eigenvalue weighted by atomic mass is 35.5. The number of benzene rings is 1. The SMILES string of the molecule is CN1C(=O)CCc2cc(CNCC3CNCC3O)ccc21.Cl. The Labute approximate surface area is 137 Å². The molecule has 1 aromatic rings. The van der Waals surface area contributed by atoms with Gasteiger partial charge in [0.15, 0.2) is 0 Å². The summed E-state index contributed by atoms with van der Waals surface area (Å²) in [6, 6.07) is 6.30. The van der Waals surface area contributed by atoms with Gasteiger partial charge in [-0.1, -0.05) is 12.1 Å². The van der Waals surface area contributed by atoms with E-state index in [4.69, 9.17) is 0 Å². The van der Waals surface area contributed by atoms with Gasteiger partial charge in [-0.3, -0.25) is 4.79 Å². The van der Waals surface area contributed by atoms with Crippen molar-refractivity contribution in [2.75, 3.05) is 31.6 Å². The minimum absolute atomic E-state index is 0. The lowest BCUT2D eigenvalue weighted by molar-refractivity contribution is -0.118. The van der Waals surface area contributed by atoms with Crippen LogP contribution in [0.1, 0.15) is 17.5 Å². The van der Waals surface area contributed by atoms with Gasteiger partial charge in [0.05, 0.1) is 6.10 Å². The third-order valence-electron chi connectivity index (χ3n) is 4.53. The van der Waals surface area contributed by atoms with Crippen molar-refractivity contribution in [3.63, 3.8) is 0 Å². The lowest BCUT2D eigenvalue weighted by atomic mass is 9.99. The van der Waals surface area contributed by atoms with Crippen LogP contribution < -0.4 is 15.5 Å². The first-order valence-electron chi connectivity index (χ1n) is 7.63. The zero-order chi connectivity index (χ0) is 14.8. The fourth-order valence-electron chi connectivity index (χ4n) is 3.15. The normalized spacial score (nSPS) is 24.1. The van der Waals surface area contributed by atoms with E-state index in [9.17, 15) is 9.90 Å². The van der Waals surface area contributed by atoms with Gasteiger partial charge in [0.2, 0.25) is 5.91 Å². The predicted molar refractivity (Wildman–Crippen MR) is 89.5 cm³/mol. The average molecular weight is 326 g/mol. The predicted octanol–water partition coefficient (Wildman–Crippen LogP) is 0.687. The Morgan fingerprint density at radius 3 is 2.91 bits per heavy atom. The number of nitrogens with one attached hydrogen (secondary N) is 2. The number of aliphatic hydroxyl groups excluding tert-OH is 1. The largest absolute Gasteiger partial charge is 0.391 e. The van der Waals surface area contributed by atoms with Crippen molar-refractivity contribution in [2.24, 2.45) is 5.92 Å². The van der Waals surface area contributed by atoms with Crippen molar-refractivity contribution in [3.8, 4) is 0 Å². The molecule has 1 saturated heterocycles. The van der Waals surface area contributed by atoms with E-state index in [1.807, 2.05) is 13.1 Å². The smallest absolute Gasteiger partial charge is 0.227 e. The number of β-amino-alcohol motifs (C(OH)–C–C–N with tert-alkyl or cyclic N) is 1. The lowest BCUT2D eigenvalue weighted by Crippen LogP contribution is -2.31. The molecule has 0 radical (unpaired) electrons. The maximum atomic E-state index is 11.7. The molecule has 2 aliphatic rings. The van der Waals surface area contributed by atoms with Crippen LogP contribution >= 0.6 is 12.4 Å². The number of carbonyl (C=O) groups is 1. The highest BCUT2D eigenvalue weighted by Crippen LogP contribution is 2.27. The highest BCUT2D eigenvalue weighted by molar-refractivity contribution is 5.95. The summed E-state index contributed by atoms with van der Waals surface area (Å²) in [5.41, 5.74) is 3.52. The van der Waals surface area contributed by atoms with Crippen LogP contribution in [0.4, 0.5) is 5.69 Å².